The van der Waals surface area contributed by atoms with Gasteiger partial charge in [0.15, 0.2) is 0 Å². The molecule has 82 valence electrons. The van der Waals surface area contributed by atoms with Gasteiger partial charge in [-0.05, 0) is 41.9 Å². The van der Waals surface area contributed by atoms with Gasteiger partial charge in [-0.2, -0.15) is 0 Å². The number of rotatable bonds is 1. The van der Waals surface area contributed by atoms with Crippen LogP contribution >= 0.6 is 15.9 Å². The number of nitrogens with zero attached hydrogens (tertiary/aromatic N) is 2. The van der Waals surface area contributed by atoms with Gasteiger partial charge in [-0.1, -0.05) is 0 Å². The molecule has 1 aliphatic rings. The second-order valence-corrected chi connectivity index (χ2v) is 5.40. The Morgan fingerprint density at radius 2 is 2.33 bits per heavy atom. The van der Waals surface area contributed by atoms with Gasteiger partial charge in [0.2, 0.25) is 0 Å². The molecule has 1 aromatic heterocycles. The Balaban J connectivity index is 2.21. The van der Waals surface area contributed by atoms with Crippen LogP contribution in [0.4, 0.5) is 5.82 Å². The third-order valence-electron chi connectivity index (χ3n) is 2.61. The second kappa shape index (κ2) is 4.10. The van der Waals surface area contributed by atoms with Crippen LogP contribution in [-0.2, 0) is 0 Å². The largest absolute Gasteiger partial charge is 0.353 e. The van der Waals surface area contributed by atoms with Crippen molar-refractivity contribution in [3.05, 3.63) is 22.8 Å². The maximum absolute atomic E-state index is 4.42. The average Bonchev–Trinajstić information content (AvgIpc) is 2.17. The molecular formula is C11H16BrN3. The summed E-state index contributed by atoms with van der Waals surface area (Å²) in [4.78, 5) is 6.74. The Morgan fingerprint density at radius 3 is 3.00 bits per heavy atom. The molecule has 2 rings (SSSR count). The van der Waals surface area contributed by atoms with E-state index in [1.54, 1.807) is 0 Å². The molecule has 0 spiro atoms. The number of halogens is 1. The minimum atomic E-state index is 0.162. The van der Waals surface area contributed by atoms with E-state index in [2.05, 4.69) is 45.0 Å². The fourth-order valence-corrected chi connectivity index (χ4v) is 2.44. The van der Waals surface area contributed by atoms with E-state index >= 15 is 0 Å². The molecule has 0 unspecified atom stereocenters. The van der Waals surface area contributed by atoms with E-state index < -0.39 is 0 Å². The summed E-state index contributed by atoms with van der Waals surface area (Å²) in [6, 6.07) is 3.98. The van der Waals surface area contributed by atoms with Crippen LogP contribution in [0.3, 0.4) is 0 Å². The summed E-state index contributed by atoms with van der Waals surface area (Å²) < 4.78 is 1.07. The quantitative estimate of drug-likeness (QED) is 0.846. The molecule has 4 heteroatoms. The van der Waals surface area contributed by atoms with E-state index in [4.69, 9.17) is 0 Å². The second-order valence-electron chi connectivity index (χ2n) is 4.54. The highest BCUT2D eigenvalue weighted by molar-refractivity contribution is 9.10. The normalized spacial score (nSPS) is 20.3. The fraction of sp³-hybridized carbons (Fsp3) is 0.545. The molecule has 1 saturated heterocycles. The standard InChI is InChI=1S/C11H16BrN3/c1-11(2)8-15(7-6-14-11)10-9(12)4-3-5-13-10/h3-5,14H,6-8H2,1-2H3. The lowest BCUT2D eigenvalue weighted by molar-refractivity contribution is 0.351. The first-order valence-electron chi connectivity index (χ1n) is 5.19. The number of nitrogens with one attached hydrogen (secondary N) is 1. The van der Waals surface area contributed by atoms with Gasteiger partial charge in [-0.3, -0.25) is 0 Å². The zero-order chi connectivity index (χ0) is 10.9. The highest BCUT2D eigenvalue weighted by atomic mass is 79.9. The zero-order valence-electron chi connectivity index (χ0n) is 9.13. The van der Waals surface area contributed by atoms with Crippen molar-refractivity contribution in [2.45, 2.75) is 19.4 Å². The summed E-state index contributed by atoms with van der Waals surface area (Å²) in [5.41, 5.74) is 0.162. The molecule has 1 aliphatic heterocycles. The summed E-state index contributed by atoms with van der Waals surface area (Å²) in [7, 11) is 0. The van der Waals surface area contributed by atoms with E-state index in [1.807, 2.05) is 18.3 Å². The molecule has 15 heavy (non-hydrogen) atoms. The van der Waals surface area contributed by atoms with E-state index in [1.165, 1.54) is 0 Å². The number of aromatic nitrogens is 1. The Kier molecular flexibility index (Phi) is 2.98. The van der Waals surface area contributed by atoms with Crippen molar-refractivity contribution >= 4 is 21.7 Å². The van der Waals surface area contributed by atoms with Crippen LogP contribution < -0.4 is 10.2 Å². The predicted molar refractivity (Wildman–Crippen MR) is 66.2 cm³/mol. The molecule has 0 bridgehead atoms. The fourth-order valence-electron chi connectivity index (χ4n) is 1.93. The number of piperazine rings is 1. The minimum absolute atomic E-state index is 0.162. The minimum Gasteiger partial charge on any atom is -0.353 e. The summed E-state index contributed by atoms with van der Waals surface area (Å²) in [5.74, 6) is 1.05. The van der Waals surface area contributed by atoms with E-state index in [0.29, 0.717) is 0 Å². The molecule has 3 nitrogen and oxygen atoms in total. The number of hydrogen-bond acceptors (Lipinski definition) is 3. The third-order valence-corrected chi connectivity index (χ3v) is 3.23. The van der Waals surface area contributed by atoms with Crippen LogP contribution in [0.25, 0.3) is 0 Å². The summed E-state index contributed by atoms with van der Waals surface area (Å²) in [6.45, 7) is 7.45. The molecule has 0 atom stereocenters. The van der Waals surface area contributed by atoms with Gasteiger partial charge >= 0.3 is 0 Å². The van der Waals surface area contributed by atoms with Crippen LogP contribution in [0.1, 0.15) is 13.8 Å². The van der Waals surface area contributed by atoms with Crippen molar-refractivity contribution in [2.24, 2.45) is 0 Å². The van der Waals surface area contributed by atoms with Gasteiger partial charge < -0.3 is 10.2 Å². The Hall–Kier alpha value is -0.610. The van der Waals surface area contributed by atoms with Gasteiger partial charge in [0.1, 0.15) is 5.82 Å². The average molecular weight is 270 g/mol. The Morgan fingerprint density at radius 1 is 1.53 bits per heavy atom. The number of anilines is 1. The van der Waals surface area contributed by atoms with Crippen molar-refractivity contribution < 1.29 is 0 Å². The van der Waals surface area contributed by atoms with Crippen LogP contribution in [0.2, 0.25) is 0 Å². The Bertz CT molecular complexity index is 351. The number of pyridine rings is 1. The molecule has 0 aromatic carbocycles. The van der Waals surface area contributed by atoms with Gasteiger partial charge in [0.05, 0.1) is 4.47 Å². The molecule has 1 aromatic rings. The van der Waals surface area contributed by atoms with Gasteiger partial charge in [0, 0.05) is 31.4 Å². The molecule has 0 saturated carbocycles. The predicted octanol–water partition coefficient (Wildman–Crippen LogP) is 2.03. The first-order valence-corrected chi connectivity index (χ1v) is 5.98. The molecule has 1 fully saturated rings. The maximum Gasteiger partial charge on any atom is 0.142 e. The first kappa shape index (κ1) is 10.9. The maximum atomic E-state index is 4.42. The molecule has 0 radical (unpaired) electrons. The van der Waals surface area contributed by atoms with Gasteiger partial charge in [-0.25, -0.2) is 4.98 Å². The van der Waals surface area contributed by atoms with Crippen molar-refractivity contribution in [3.63, 3.8) is 0 Å². The first-order chi connectivity index (χ1) is 7.08. The summed E-state index contributed by atoms with van der Waals surface area (Å²) in [6.07, 6.45) is 1.84. The lowest BCUT2D eigenvalue weighted by Crippen LogP contribution is -2.57. The zero-order valence-corrected chi connectivity index (χ0v) is 10.7. The molecular weight excluding hydrogens is 254 g/mol. The highest BCUT2D eigenvalue weighted by Crippen LogP contribution is 2.25. The molecule has 0 amide bonds. The lowest BCUT2D eigenvalue weighted by Gasteiger charge is -2.40. The van der Waals surface area contributed by atoms with Crippen LogP contribution in [0.5, 0.6) is 0 Å². The van der Waals surface area contributed by atoms with Gasteiger partial charge in [-0.15, -0.1) is 0 Å². The summed E-state index contributed by atoms with van der Waals surface area (Å²) >= 11 is 3.54. The molecule has 2 heterocycles. The smallest absolute Gasteiger partial charge is 0.142 e. The van der Waals surface area contributed by atoms with Crippen molar-refractivity contribution in [1.82, 2.24) is 10.3 Å². The number of hydrogen-bond donors (Lipinski definition) is 1. The lowest BCUT2D eigenvalue weighted by atomic mass is 10.0. The van der Waals surface area contributed by atoms with Crippen LogP contribution in [-0.4, -0.2) is 30.2 Å². The summed E-state index contributed by atoms with van der Waals surface area (Å²) in [5, 5.41) is 3.49. The monoisotopic (exact) mass is 269 g/mol. The van der Waals surface area contributed by atoms with E-state index in [-0.39, 0.29) is 5.54 Å². The topological polar surface area (TPSA) is 28.2 Å². The third kappa shape index (κ3) is 2.49. The highest BCUT2D eigenvalue weighted by Gasteiger charge is 2.27. The molecule has 1 N–H and O–H groups in total. The van der Waals surface area contributed by atoms with E-state index in [0.717, 1.165) is 29.9 Å². The van der Waals surface area contributed by atoms with Crippen molar-refractivity contribution in [3.8, 4) is 0 Å². The SMILES string of the molecule is CC1(C)CN(c2ncccc2Br)CCN1. The van der Waals surface area contributed by atoms with E-state index in [9.17, 15) is 0 Å². The van der Waals surface area contributed by atoms with Crippen molar-refractivity contribution in [1.29, 1.82) is 0 Å². The Labute approximate surface area is 99.0 Å². The van der Waals surface area contributed by atoms with Crippen molar-refractivity contribution in [2.75, 3.05) is 24.5 Å². The molecule has 0 aliphatic carbocycles. The van der Waals surface area contributed by atoms with Gasteiger partial charge in [0.25, 0.3) is 0 Å². The van der Waals surface area contributed by atoms with Crippen LogP contribution in [0.15, 0.2) is 22.8 Å². The van der Waals surface area contributed by atoms with Crippen LogP contribution in [0, 0.1) is 0 Å².